The molecule has 0 bridgehead atoms. The molecule has 0 saturated heterocycles. The van der Waals surface area contributed by atoms with Crippen LogP contribution in [0.3, 0.4) is 0 Å². The predicted octanol–water partition coefficient (Wildman–Crippen LogP) is 2.60. The van der Waals surface area contributed by atoms with Crippen molar-refractivity contribution in [1.82, 2.24) is 9.97 Å². The molecule has 0 radical (unpaired) electrons. The Labute approximate surface area is 76.9 Å². The van der Waals surface area contributed by atoms with Crippen LogP contribution in [0.25, 0.3) is 11.0 Å². The van der Waals surface area contributed by atoms with E-state index >= 15 is 0 Å². The summed E-state index contributed by atoms with van der Waals surface area (Å²) in [7, 11) is 0. The number of aromatic amines is 1. The Morgan fingerprint density at radius 2 is 2.33 bits per heavy atom. The zero-order valence-electron chi connectivity index (χ0n) is 6.14. The summed E-state index contributed by atoms with van der Waals surface area (Å²) in [5, 5.41) is 0.656. The van der Waals surface area contributed by atoms with Gasteiger partial charge in [0.15, 0.2) is 0 Å². The highest BCUT2D eigenvalue weighted by Gasteiger charge is 2.01. The van der Waals surface area contributed by atoms with Crippen molar-refractivity contribution in [3.63, 3.8) is 0 Å². The van der Waals surface area contributed by atoms with Crippen LogP contribution in [-0.4, -0.2) is 9.97 Å². The van der Waals surface area contributed by atoms with Crippen molar-refractivity contribution in [1.29, 1.82) is 0 Å². The van der Waals surface area contributed by atoms with Crippen LogP contribution >= 0.6 is 15.9 Å². The maximum absolute atomic E-state index is 12.7. The lowest BCUT2D eigenvalue weighted by molar-refractivity contribution is 0.629. The predicted molar refractivity (Wildman–Crippen MR) is 48.7 cm³/mol. The molecule has 0 aliphatic rings. The monoisotopic (exact) mass is 228 g/mol. The summed E-state index contributed by atoms with van der Waals surface area (Å²) in [4.78, 5) is 7.19. The molecule has 0 spiro atoms. The van der Waals surface area contributed by atoms with Crippen LogP contribution in [0.2, 0.25) is 0 Å². The Balaban J connectivity index is 2.67. The number of halogens is 2. The van der Waals surface area contributed by atoms with E-state index in [1.807, 2.05) is 0 Å². The third-order valence-corrected chi connectivity index (χ3v) is 2.15. The van der Waals surface area contributed by atoms with Gasteiger partial charge < -0.3 is 4.98 Å². The molecule has 0 unspecified atom stereocenters. The van der Waals surface area contributed by atoms with Gasteiger partial charge >= 0.3 is 0 Å². The van der Waals surface area contributed by atoms with Crippen molar-refractivity contribution in [2.45, 2.75) is 5.33 Å². The molecule has 0 atom stereocenters. The number of nitrogens with one attached hydrogen (secondary N) is 1. The number of alkyl halides is 1. The van der Waals surface area contributed by atoms with Crippen molar-refractivity contribution >= 4 is 27.0 Å². The smallest absolute Gasteiger partial charge is 0.125 e. The number of nitrogens with zero attached hydrogens (tertiary/aromatic N) is 1. The summed E-state index contributed by atoms with van der Waals surface area (Å²) >= 11 is 3.27. The number of fused-ring (bicyclic) bond motifs is 1. The minimum absolute atomic E-state index is 0.243. The molecule has 0 saturated carbocycles. The Morgan fingerprint density at radius 3 is 3.08 bits per heavy atom. The van der Waals surface area contributed by atoms with Crippen molar-refractivity contribution in [2.24, 2.45) is 0 Å². The van der Waals surface area contributed by atoms with Crippen LogP contribution < -0.4 is 0 Å². The zero-order valence-corrected chi connectivity index (χ0v) is 7.73. The van der Waals surface area contributed by atoms with Gasteiger partial charge in [0.1, 0.15) is 11.6 Å². The molecule has 2 rings (SSSR count). The first-order valence-corrected chi connectivity index (χ1v) is 4.62. The molecule has 1 aromatic heterocycles. The highest BCUT2D eigenvalue weighted by molar-refractivity contribution is 9.08. The highest BCUT2D eigenvalue weighted by atomic mass is 79.9. The van der Waals surface area contributed by atoms with E-state index < -0.39 is 0 Å². The molecule has 0 fully saturated rings. The van der Waals surface area contributed by atoms with Crippen LogP contribution in [0.1, 0.15) is 5.82 Å². The summed E-state index contributed by atoms with van der Waals surface area (Å²) in [6, 6.07) is 4.50. The van der Waals surface area contributed by atoms with E-state index in [1.165, 1.54) is 12.1 Å². The molecule has 1 aromatic carbocycles. The number of hydrogen-bond donors (Lipinski definition) is 1. The van der Waals surface area contributed by atoms with E-state index in [9.17, 15) is 4.39 Å². The second kappa shape index (κ2) is 2.86. The maximum Gasteiger partial charge on any atom is 0.125 e. The number of hydrogen-bond acceptors (Lipinski definition) is 1. The van der Waals surface area contributed by atoms with Gasteiger partial charge in [-0.05, 0) is 18.2 Å². The van der Waals surface area contributed by atoms with Crippen molar-refractivity contribution < 1.29 is 4.39 Å². The van der Waals surface area contributed by atoms with E-state index in [0.717, 1.165) is 16.9 Å². The van der Waals surface area contributed by atoms with Gasteiger partial charge in [-0.1, -0.05) is 15.9 Å². The SMILES string of the molecule is Fc1ccc2nc(CBr)[nH]c2c1. The number of aromatic nitrogens is 2. The fourth-order valence-electron chi connectivity index (χ4n) is 1.10. The second-order valence-corrected chi connectivity index (χ2v) is 3.04. The molecular formula is C8H6BrFN2. The number of benzene rings is 1. The lowest BCUT2D eigenvalue weighted by atomic mass is 10.3. The van der Waals surface area contributed by atoms with Crippen molar-refractivity contribution in [3.05, 3.63) is 29.8 Å². The molecule has 0 aliphatic heterocycles. The summed E-state index contributed by atoms with van der Waals surface area (Å²) in [6.07, 6.45) is 0. The number of rotatable bonds is 1. The van der Waals surface area contributed by atoms with Gasteiger partial charge in [-0.2, -0.15) is 0 Å². The van der Waals surface area contributed by atoms with Gasteiger partial charge in [0.2, 0.25) is 0 Å². The van der Waals surface area contributed by atoms with Crippen LogP contribution in [0.5, 0.6) is 0 Å². The average molecular weight is 229 g/mol. The van der Waals surface area contributed by atoms with E-state index in [2.05, 4.69) is 25.9 Å². The Bertz CT molecular complexity index is 410. The minimum Gasteiger partial charge on any atom is -0.341 e. The molecule has 2 nitrogen and oxygen atoms in total. The van der Waals surface area contributed by atoms with Gasteiger partial charge in [0, 0.05) is 0 Å². The topological polar surface area (TPSA) is 28.7 Å². The Morgan fingerprint density at radius 1 is 1.50 bits per heavy atom. The van der Waals surface area contributed by atoms with Crippen LogP contribution in [0.4, 0.5) is 4.39 Å². The molecule has 12 heavy (non-hydrogen) atoms. The van der Waals surface area contributed by atoms with Gasteiger partial charge in [-0.15, -0.1) is 0 Å². The molecule has 1 heterocycles. The van der Waals surface area contributed by atoms with E-state index in [1.54, 1.807) is 6.07 Å². The molecule has 0 aliphatic carbocycles. The zero-order chi connectivity index (χ0) is 8.55. The van der Waals surface area contributed by atoms with Crippen LogP contribution in [0, 0.1) is 5.82 Å². The number of H-pyrrole nitrogens is 1. The van der Waals surface area contributed by atoms with Gasteiger partial charge in [0.05, 0.1) is 16.4 Å². The summed E-state index contributed by atoms with van der Waals surface area (Å²) < 4.78 is 12.7. The lowest BCUT2D eigenvalue weighted by Gasteiger charge is -1.86. The molecule has 0 amide bonds. The molecule has 4 heteroatoms. The van der Waals surface area contributed by atoms with Crippen molar-refractivity contribution in [2.75, 3.05) is 0 Å². The van der Waals surface area contributed by atoms with E-state index in [0.29, 0.717) is 5.33 Å². The molecule has 2 aromatic rings. The molecule has 62 valence electrons. The van der Waals surface area contributed by atoms with Gasteiger partial charge in [-0.3, -0.25) is 0 Å². The summed E-state index contributed by atoms with van der Waals surface area (Å²) in [5.74, 6) is 0.572. The first-order chi connectivity index (χ1) is 5.79. The normalized spacial score (nSPS) is 10.8. The average Bonchev–Trinajstić information content (AvgIpc) is 2.46. The Kier molecular flexibility index (Phi) is 1.84. The highest BCUT2D eigenvalue weighted by Crippen LogP contribution is 2.13. The Hall–Kier alpha value is -0.900. The third-order valence-electron chi connectivity index (χ3n) is 1.62. The van der Waals surface area contributed by atoms with E-state index in [-0.39, 0.29) is 5.82 Å². The fourth-order valence-corrected chi connectivity index (χ4v) is 1.36. The largest absolute Gasteiger partial charge is 0.341 e. The summed E-state index contributed by atoms with van der Waals surface area (Å²) in [5.41, 5.74) is 1.54. The fraction of sp³-hybridized carbons (Fsp3) is 0.125. The molecular weight excluding hydrogens is 223 g/mol. The van der Waals surface area contributed by atoms with Crippen molar-refractivity contribution in [3.8, 4) is 0 Å². The van der Waals surface area contributed by atoms with E-state index in [4.69, 9.17) is 0 Å². The minimum atomic E-state index is -0.243. The second-order valence-electron chi connectivity index (χ2n) is 2.48. The molecule has 1 N–H and O–H groups in total. The standard InChI is InChI=1S/C8H6BrFN2/c9-4-8-11-6-2-1-5(10)3-7(6)12-8/h1-3H,4H2,(H,11,12). The first-order valence-electron chi connectivity index (χ1n) is 3.50. The van der Waals surface area contributed by atoms with Crippen LogP contribution in [-0.2, 0) is 5.33 Å². The third kappa shape index (κ3) is 1.22. The maximum atomic E-state index is 12.7. The van der Waals surface area contributed by atoms with Gasteiger partial charge in [-0.25, -0.2) is 9.37 Å². The summed E-state index contributed by atoms with van der Waals surface area (Å²) in [6.45, 7) is 0. The first kappa shape index (κ1) is 7.73. The number of imidazole rings is 1. The van der Waals surface area contributed by atoms with Crippen LogP contribution in [0.15, 0.2) is 18.2 Å². The quantitative estimate of drug-likeness (QED) is 0.748. The van der Waals surface area contributed by atoms with Gasteiger partial charge in [0.25, 0.3) is 0 Å². The lowest BCUT2D eigenvalue weighted by Crippen LogP contribution is -1.76.